The van der Waals surface area contributed by atoms with Crippen molar-refractivity contribution < 1.29 is 4.39 Å². The molecular formula is C15H20ClFN4. The highest BCUT2D eigenvalue weighted by Gasteiger charge is 2.18. The van der Waals surface area contributed by atoms with Gasteiger partial charge in [-0.05, 0) is 25.5 Å². The van der Waals surface area contributed by atoms with Gasteiger partial charge in [0, 0.05) is 24.2 Å². The lowest BCUT2D eigenvalue weighted by atomic mass is 10.0. The van der Waals surface area contributed by atoms with Gasteiger partial charge in [-0.1, -0.05) is 30.7 Å². The van der Waals surface area contributed by atoms with Crippen molar-refractivity contribution in [1.82, 2.24) is 15.2 Å². The Morgan fingerprint density at radius 1 is 1.43 bits per heavy atom. The molecule has 0 spiro atoms. The molecule has 4 nitrogen and oxygen atoms in total. The van der Waals surface area contributed by atoms with Crippen molar-refractivity contribution in [1.29, 1.82) is 0 Å². The summed E-state index contributed by atoms with van der Waals surface area (Å²) < 4.78 is 16.0. The molecule has 0 amide bonds. The Bertz CT molecular complexity index is 599. The third-order valence-electron chi connectivity index (χ3n) is 3.68. The van der Waals surface area contributed by atoms with Crippen LogP contribution in [0.1, 0.15) is 43.6 Å². The first-order chi connectivity index (χ1) is 10.1. The lowest BCUT2D eigenvalue weighted by molar-refractivity contribution is 0.463. The second-order valence-electron chi connectivity index (χ2n) is 5.11. The molecule has 114 valence electrons. The molecule has 1 aromatic carbocycles. The van der Waals surface area contributed by atoms with E-state index >= 15 is 0 Å². The number of hydrogen-bond acceptors (Lipinski definition) is 3. The Kier molecular flexibility index (Phi) is 5.33. The zero-order chi connectivity index (χ0) is 15.4. The summed E-state index contributed by atoms with van der Waals surface area (Å²) in [7, 11) is 0. The molecule has 0 aliphatic carbocycles. The predicted octanol–water partition coefficient (Wildman–Crippen LogP) is 3.39. The van der Waals surface area contributed by atoms with Gasteiger partial charge in [0.2, 0.25) is 0 Å². The number of aromatic nitrogens is 2. The van der Waals surface area contributed by atoms with Gasteiger partial charge in [-0.2, -0.15) is 5.10 Å². The number of nitrogens with two attached hydrogens (primary N) is 1. The standard InChI is InChI=1S/C15H20ClFN4/c1-3-10(2)21-8-7-11(20-21)9-14(19-18)12-5-4-6-13(16)15(12)17/h4-8,10,14,19H,3,9,18H2,1-2H3. The van der Waals surface area contributed by atoms with Gasteiger partial charge in [-0.3, -0.25) is 16.0 Å². The van der Waals surface area contributed by atoms with Gasteiger partial charge in [0.15, 0.2) is 0 Å². The highest BCUT2D eigenvalue weighted by molar-refractivity contribution is 6.30. The summed E-state index contributed by atoms with van der Waals surface area (Å²) in [4.78, 5) is 0. The topological polar surface area (TPSA) is 55.9 Å². The summed E-state index contributed by atoms with van der Waals surface area (Å²) in [6.07, 6.45) is 3.44. The fourth-order valence-electron chi connectivity index (χ4n) is 2.18. The molecule has 0 fully saturated rings. The van der Waals surface area contributed by atoms with E-state index in [1.807, 2.05) is 16.9 Å². The lowest BCUT2D eigenvalue weighted by Crippen LogP contribution is -2.30. The molecule has 0 saturated heterocycles. The Hall–Kier alpha value is -1.43. The summed E-state index contributed by atoms with van der Waals surface area (Å²) >= 11 is 5.82. The Labute approximate surface area is 129 Å². The number of halogens is 2. The van der Waals surface area contributed by atoms with Crippen LogP contribution in [0.5, 0.6) is 0 Å². The average Bonchev–Trinajstić information content (AvgIpc) is 2.95. The Morgan fingerprint density at radius 2 is 2.19 bits per heavy atom. The molecule has 2 aromatic rings. The van der Waals surface area contributed by atoms with Crippen LogP contribution < -0.4 is 11.3 Å². The average molecular weight is 311 g/mol. The van der Waals surface area contributed by atoms with Gasteiger partial charge in [0.25, 0.3) is 0 Å². The maximum Gasteiger partial charge on any atom is 0.146 e. The number of nitrogens with zero attached hydrogens (tertiary/aromatic N) is 2. The second kappa shape index (κ2) is 7.02. The molecule has 1 aromatic heterocycles. The van der Waals surface area contributed by atoms with Gasteiger partial charge in [-0.25, -0.2) is 4.39 Å². The zero-order valence-corrected chi connectivity index (χ0v) is 12.9. The first-order valence-electron chi connectivity index (χ1n) is 7.00. The smallest absolute Gasteiger partial charge is 0.146 e. The zero-order valence-electron chi connectivity index (χ0n) is 12.2. The second-order valence-corrected chi connectivity index (χ2v) is 5.52. The van der Waals surface area contributed by atoms with Crippen molar-refractivity contribution in [2.24, 2.45) is 5.84 Å². The number of benzene rings is 1. The molecule has 0 aliphatic rings. The SMILES string of the molecule is CCC(C)n1ccc(CC(NN)c2cccc(Cl)c2F)n1. The van der Waals surface area contributed by atoms with Gasteiger partial charge < -0.3 is 0 Å². The summed E-state index contributed by atoms with van der Waals surface area (Å²) in [6, 6.07) is 6.81. The molecule has 0 bridgehead atoms. The van der Waals surface area contributed by atoms with Gasteiger partial charge in [-0.15, -0.1) is 0 Å². The normalized spacial score (nSPS) is 14.1. The minimum atomic E-state index is -0.441. The monoisotopic (exact) mass is 310 g/mol. The highest BCUT2D eigenvalue weighted by atomic mass is 35.5. The molecular weight excluding hydrogens is 291 g/mol. The summed E-state index contributed by atoms with van der Waals surface area (Å²) in [6.45, 7) is 4.21. The van der Waals surface area contributed by atoms with Gasteiger partial charge >= 0.3 is 0 Å². The van der Waals surface area contributed by atoms with E-state index < -0.39 is 5.82 Å². The molecule has 1 heterocycles. The van der Waals surface area contributed by atoms with E-state index in [0.717, 1.165) is 12.1 Å². The van der Waals surface area contributed by atoms with Crippen molar-refractivity contribution in [2.45, 2.75) is 38.8 Å². The molecule has 2 unspecified atom stereocenters. The van der Waals surface area contributed by atoms with Crippen LogP contribution in [-0.4, -0.2) is 9.78 Å². The molecule has 2 rings (SSSR count). The molecule has 6 heteroatoms. The van der Waals surface area contributed by atoms with Crippen LogP contribution in [-0.2, 0) is 6.42 Å². The van der Waals surface area contributed by atoms with Crippen LogP contribution in [0.25, 0.3) is 0 Å². The minimum absolute atomic E-state index is 0.0953. The number of hydrazine groups is 1. The van der Waals surface area contributed by atoms with Crippen LogP contribution >= 0.6 is 11.6 Å². The van der Waals surface area contributed by atoms with Crippen LogP contribution in [0.3, 0.4) is 0 Å². The fourth-order valence-corrected chi connectivity index (χ4v) is 2.36. The maximum absolute atomic E-state index is 14.1. The fraction of sp³-hybridized carbons (Fsp3) is 0.400. The molecule has 0 aliphatic heterocycles. The van der Waals surface area contributed by atoms with E-state index in [1.54, 1.807) is 12.1 Å². The van der Waals surface area contributed by atoms with E-state index in [9.17, 15) is 4.39 Å². The number of hydrogen-bond donors (Lipinski definition) is 2. The van der Waals surface area contributed by atoms with Crippen molar-refractivity contribution in [3.8, 4) is 0 Å². The summed E-state index contributed by atoms with van der Waals surface area (Å²) in [5.74, 6) is 5.13. The van der Waals surface area contributed by atoms with E-state index in [4.69, 9.17) is 17.4 Å². The first-order valence-corrected chi connectivity index (χ1v) is 7.38. The van der Waals surface area contributed by atoms with Crippen LogP contribution in [0, 0.1) is 5.82 Å². The van der Waals surface area contributed by atoms with Gasteiger partial charge in [0.05, 0.1) is 16.8 Å². The number of rotatable bonds is 6. The van der Waals surface area contributed by atoms with E-state index in [2.05, 4.69) is 24.4 Å². The van der Waals surface area contributed by atoms with Crippen molar-refractivity contribution in [2.75, 3.05) is 0 Å². The molecule has 3 N–H and O–H groups in total. The van der Waals surface area contributed by atoms with E-state index in [0.29, 0.717) is 18.0 Å². The van der Waals surface area contributed by atoms with Crippen LogP contribution in [0.15, 0.2) is 30.5 Å². The summed E-state index contributed by atoms with van der Waals surface area (Å²) in [5.41, 5.74) is 3.95. The third-order valence-corrected chi connectivity index (χ3v) is 3.97. The minimum Gasteiger partial charge on any atom is -0.271 e. The van der Waals surface area contributed by atoms with E-state index in [1.165, 1.54) is 6.07 Å². The molecule has 0 saturated carbocycles. The predicted molar refractivity (Wildman–Crippen MR) is 82.4 cm³/mol. The van der Waals surface area contributed by atoms with Crippen LogP contribution in [0.4, 0.5) is 4.39 Å². The molecule has 2 atom stereocenters. The Morgan fingerprint density at radius 3 is 2.86 bits per heavy atom. The largest absolute Gasteiger partial charge is 0.271 e. The van der Waals surface area contributed by atoms with E-state index in [-0.39, 0.29) is 11.1 Å². The highest BCUT2D eigenvalue weighted by Crippen LogP contribution is 2.25. The van der Waals surface area contributed by atoms with Crippen molar-refractivity contribution >= 4 is 11.6 Å². The quantitative estimate of drug-likeness (QED) is 0.635. The van der Waals surface area contributed by atoms with Crippen molar-refractivity contribution in [3.05, 3.63) is 52.6 Å². The third kappa shape index (κ3) is 3.61. The molecule has 21 heavy (non-hydrogen) atoms. The lowest BCUT2D eigenvalue weighted by Gasteiger charge is -2.16. The summed E-state index contributed by atoms with van der Waals surface area (Å²) in [5, 5.41) is 4.61. The Balaban J connectivity index is 2.19. The van der Waals surface area contributed by atoms with Crippen LogP contribution in [0.2, 0.25) is 5.02 Å². The number of nitrogens with one attached hydrogen (secondary N) is 1. The first kappa shape index (κ1) is 15.9. The maximum atomic E-state index is 14.1. The van der Waals surface area contributed by atoms with Crippen molar-refractivity contribution in [3.63, 3.8) is 0 Å². The van der Waals surface area contributed by atoms with Gasteiger partial charge in [0.1, 0.15) is 5.82 Å². The molecule has 0 radical (unpaired) electrons.